The molecule has 1 aliphatic heterocycles. The number of benzene rings is 2. The van der Waals surface area contributed by atoms with Gasteiger partial charge in [-0.25, -0.2) is 4.68 Å². The number of carbonyl (C=O) groups excluding carboxylic acids is 1. The van der Waals surface area contributed by atoms with E-state index < -0.39 is 0 Å². The quantitative estimate of drug-likeness (QED) is 0.658. The van der Waals surface area contributed by atoms with E-state index in [9.17, 15) is 4.79 Å². The molecule has 0 fully saturated rings. The highest BCUT2D eigenvalue weighted by Gasteiger charge is 2.17. The average molecular weight is 442 g/mol. The number of rotatable bonds is 4. The molecule has 1 amide bonds. The van der Waals surface area contributed by atoms with Crippen LogP contribution in [-0.4, -0.2) is 28.9 Å². The number of hydrogen-bond donors (Lipinski definition) is 1. The first-order valence-corrected chi connectivity index (χ1v) is 9.80. The van der Waals surface area contributed by atoms with Crippen LogP contribution >= 0.6 is 15.9 Å². The minimum atomic E-state index is -0.108. The van der Waals surface area contributed by atoms with Gasteiger partial charge in [0.25, 0.3) is 0 Å². The third-order valence-electron chi connectivity index (χ3n) is 4.45. The number of amides is 1. The Bertz CT molecular complexity index is 1050. The number of aromatic nitrogens is 2. The molecule has 1 N–H and O–H groups in total. The van der Waals surface area contributed by atoms with E-state index in [0.717, 1.165) is 32.8 Å². The van der Waals surface area contributed by atoms with Crippen LogP contribution in [0, 0.1) is 13.8 Å². The number of ether oxygens (including phenoxy) is 2. The molecule has 0 bridgehead atoms. The van der Waals surface area contributed by atoms with Gasteiger partial charge in [0.1, 0.15) is 13.2 Å². The van der Waals surface area contributed by atoms with Gasteiger partial charge >= 0.3 is 0 Å². The summed E-state index contributed by atoms with van der Waals surface area (Å²) in [5.41, 5.74) is 4.47. The molecule has 0 atom stereocenters. The second-order valence-corrected chi connectivity index (χ2v) is 7.56. The van der Waals surface area contributed by atoms with E-state index >= 15 is 0 Å². The summed E-state index contributed by atoms with van der Waals surface area (Å²) < 4.78 is 13.9. The van der Waals surface area contributed by atoms with Crippen molar-refractivity contribution >= 4 is 27.5 Å². The van der Waals surface area contributed by atoms with E-state index in [2.05, 4.69) is 26.3 Å². The number of hydrogen-bond acceptors (Lipinski definition) is 4. The molecule has 0 unspecified atom stereocenters. The van der Waals surface area contributed by atoms with Crippen molar-refractivity contribution in [3.63, 3.8) is 0 Å². The number of halogens is 1. The van der Waals surface area contributed by atoms with Gasteiger partial charge in [0.05, 0.1) is 17.8 Å². The second-order valence-electron chi connectivity index (χ2n) is 6.70. The number of nitrogens with one attached hydrogen (secondary N) is 1. The van der Waals surface area contributed by atoms with Crippen LogP contribution in [0.2, 0.25) is 0 Å². The van der Waals surface area contributed by atoms with Crippen molar-refractivity contribution in [1.29, 1.82) is 0 Å². The number of anilines is 1. The molecule has 4 rings (SSSR count). The molecule has 7 heteroatoms. The lowest BCUT2D eigenvalue weighted by Crippen LogP contribution is -2.17. The lowest BCUT2D eigenvalue weighted by atomic mass is 10.1. The molecular formula is C21H20BrN3O3. The minimum absolute atomic E-state index is 0.108. The van der Waals surface area contributed by atoms with Crippen molar-refractivity contribution in [3.8, 4) is 17.2 Å². The molecule has 0 radical (unpaired) electrons. The van der Waals surface area contributed by atoms with E-state index in [1.807, 2.05) is 61.0 Å². The smallest absolute Gasteiger partial charge is 0.228 e. The maximum atomic E-state index is 12.6. The molecule has 2 aromatic carbocycles. The van der Waals surface area contributed by atoms with Gasteiger partial charge in [0, 0.05) is 15.9 Å². The molecule has 1 aromatic heterocycles. The van der Waals surface area contributed by atoms with Gasteiger partial charge in [-0.3, -0.25) is 4.79 Å². The van der Waals surface area contributed by atoms with Gasteiger partial charge in [-0.1, -0.05) is 22.0 Å². The molecule has 0 spiro atoms. The SMILES string of the molecule is Cc1cc(C)n(-c2cccc(NC(=O)Cc3cc4c(cc3Br)OCCO4)c2)n1. The Morgan fingerprint density at radius 1 is 1.14 bits per heavy atom. The van der Waals surface area contributed by atoms with Crippen LogP contribution in [0.4, 0.5) is 5.69 Å². The molecular weight excluding hydrogens is 422 g/mol. The van der Waals surface area contributed by atoms with Crippen LogP contribution in [0.5, 0.6) is 11.5 Å². The summed E-state index contributed by atoms with van der Waals surface area (Å²) >= 11 is 3.51. The number of carbonyl (C=O) groups is 1. The van der Waals surface area contributed by atoms with Gasteiger partial charge in [-0.05, 0) is 55.8 Å². The molecule has 6 nitrogen and oxygen atoms in total. The number of nitrogens with zero attached hydrogens (tertiary/aromatic N) is 2. The lowest BCUT2D eigenvalue weighted by Gasteiger charge is -2.19. The summed E-state index contributed by atoms with van der Waals surface area (Å²) in [7, 11) is 0. The van der Waals surface area contributed by atoms with Crippen LogP contribution < -0.4 is 14.8 Å². The second kappa shape index (κ2) is 7.67. The fourth-order valence-corrected chi connectivity index (χ4v) is 3.69. The molecule has 0 aliphatic carbocycles. The summed E-state index contributed by atoms with van der Waals surface area (Å²) in [5.74, 6) is 1.26. The van der Waals surface area contributed by atoms with Crippen molar-refractivity contribution in [2.75, 3.05) is 18.5 Å². The largest absolute Gasteiger partial charge is 0.486 e. The zero-order valence-corrected chi connectivity index (χ0v) is 17.2. The first-order chi connectivity index (χ1) is 13.5. The fraction of sp³-hybridized carbons (Fsp3) is 0.238. The Morgan fingerprint density at radius 2 is 1.89 bits per heavy atom. The maximum absolute atomic E-state index is 12.6. The maximum Gasteiger partial charge on any atom is 0.228 e. The molecule has 0 saturated carbocycles. The zero-order chi connectivity index (χ0) is 19.7. The van der Waals surface area contributed by atoms with Crippen molar-refractivity contribution in [3.05, 3.63) is 63.9 Å². The highest BCUT2D eigenvalue weighted by molar-refractivity contribution is 9.10. The van der Waals surface area contributed by atoms with Crippen LogP contribution in [0.1, 0.15) is 17.0 Å². The molecule has 2 heterocycles. The summed E-state index contributed by atoms with van der Waals surface area (Å²) in [6, 6.07) is 13.4. The zero-order valence-electron chi connectivity index (χ0n) is 15.7. The van der Waals surface area contributed by atoms with E-state index in [4.69, 9.17) is 9.47 Å². The normalized spacial score (nSPS) is 12.7. The van der Waals surface area contributed by atoms with Gasteiger partial charge in [0.2, 0.25) is 5.91 Å². The highest BCUT2D eigenvalue weighted by Crippen LogP contribution is 2.35. The molecule has 144 valence electrons. The third-order valence-corrected chi connectivity index (χ3v) is 5.18. The van der Waals surface area contributed by atoms with E-state index in [1.54, 1.807) is 0 Å². The van der Waals surface area contributed by atoms with Gasteiger partial charge in [0.15, 0.2) is 11.5 Å². The predicted octanol–water partition coefficient (Wildman–Crippen LogP) is 4.20. The summed E-state index contributed by atoms with van der Waals surface area (Å²) in [6.45, 7) is 5.01. The predicted molar refractivity (Wildman–Crippen MR) is 111 cm³/mol. The van der Waals surface area contributed by atoms with Crippen molar-refractivity contribution in [2.24, 2.45) is 0 Å². The Balaban J connectivity index is 1.50. The first kappa shape index (κ1) is 18.6. The van der Waals surface area contributed by atoms with Crippen LogP contribution in [-0.2, 0) is 11.2 Å². The van der Waals surface area contributed by atoms with Gasteiger partial charge in [-0.2, -0.15) is 5.10 Å². The Hall–Kier alpha value is -2.80. The summed E-state index contributed by atoms with van der Waals surface area (Å²) in [4.78, 5) is 12.6. The molecule has 28 heavy (non-hydrogen) atoms. The molecule has 1 aliphatic rings. The lowest BCUT2D eigenvalue weighted by molar-refractivity contribution is -0.115. The summed E-state index contributed by atoms with van der Waals surface area (Å²) in [6.07, 6.45) is 0.224. The van der Waals surface area contributed by atoms with Gasteiger partial charge < -0.3 is 14.8 Å². The van der Waals surface area contributed by atoms with Gasteiger partial charge in [-0.15, -0.1) is 0 Å². The standard InChI is InChI=1S/C21H20BrN3O3/c1-13-8-14(2)25(24-13)17-5-3-4-16(11-17)23-21(26)10-15-9-19-20(12-18(15)22)28-7-6-27-19/h3-5,8-9,11-12H,6-7,10H2,1-2H3,(H,23,26). The minimum Gasteiger partial charge on any atom is -0.486 e. The highest BCUT2D eigenvalue weighted by atomic mass is 79.9. The topological polar surface area (TPSA) is 65.4 Å². The Morgan fingerprint density at radius 3 is 2.61 bits per heavy atom. The van der Waals surface area contributed by atoms with Crippen molar-refractivity contribution < 1.29 is 14.3 Å². The third kappa shape index (κ3) is 3.89. The van der Waals surface area contributed by atoms with E-state index in [1.165, 1.54) is 0 Å². The fourth-order valence-electron chi connectivity index (χ4n) is 3.23. The van der Waals surface area contributed by atoms with Crippen LogP contribution in [0.15, 0.2) is 46.9 Å². The van der Waals surface area contributed by atoms with E-state index in [-0.39, 0.29) is 12.3 Å². The van der Waals surface area contributed by atoms with Crippen molar-refractivity contribution in [1.82, 2.24) is 9.78 Å². The Labute approximate surface area is 171 Å². The number of fused-ring (bicyclic) bond motifs is 1. The van der Waals surface area contributed by atoms with Crippen LogP contribution in [0.25, 0.3) is 5.69 Å². The van der Waals surface area contributed by atoms with E-state index in [0.29, 0.717) is 24.7 Å². The van der Waals surface area contributed by atoms with Crippen molar-refractivity contribution in [2.45, 2.75) is 20.3 Å². The average Bonchev–Trinajstić information content (AvgIpc) is 3.00. The molecule has 3 aromatic rings. The summed E-state index contributed by atoms with van der Waals surface area (Å²) in [5, 5.41) is 7.45. The Kier molecular flexibility index (Phi) is 5.09. The monoisotopic (exact) mass is 441 g/mol. The van der Waals surface area contributed by atoms with Crippen LogP contribution in [0.3, 0.4) is 0 Å². The number of aryl methyl sites for hydroxylation is 2. The first-order valence-electron chi connectivity index (χ1n) is 9.01. The molecule has 0 saturated heterocycles.